The highest BCUT2D eigenvalue weighted by Crippen LogP contribution is 2.60. The Balaban J connectivity index is 1.54. The molecule has 4 bridgehead atoms. The molecule has 28 heavy (non-hydrogen) atoms. The summed E-state index contributed by atoms with van der Waals surface area (Å²) in [5.74, 6) is 0.987. The van der Waals surface area contributed by atoms with Gasteiger partial charge in [-0.15, -0.1) is 0 Å². The molecule has 1 amide bonds. The molecule has 0 radical (unpaired) electrons. The number of hydrogen-bond donors (Lipinski definition) is 1. The number of carboxylic acid groups (broad SMARTS) is 1. The lowest BCUT2D eigenvalue weighted by atomic mass is 9.49. The van der Waals surface area contributed by atoms with Crippen LogP contribution < -0.4 is 10.4 Å². The molecule has 1 N–H and O–H groups in total. The Kier molecular flexibility index (Phi) is 4.79. The van der Waals surface area contributed by atoms with Crippen LogP contribution in [0.3, 0.4) is 0 Å². The SMILES string of the molecule is CC(C)(C)c1ccc([C@@H](CC(=O)[O-])NC(=O)C23CC4CC(CC(C4)C2)C3)cc1. The third kappa shape index (κ3) is 3.70. The molecule has 1 aromatic rings. The van der Waals surface area contributed by atoms with Crippen molar-refractivity contribution in [1.82, 2.24) is 5.32 Å². The molecular formula is C24H32NO3-. The number of hydrogen-bond acceptors (Lipinski definition) is 3. The molecule has 5 rings (SSSR count). The van der Waals surface area contributed by atoms with E-state index in [9.17, 15) is 14.7 Å². The first-order valence-corrected chi connectivity index (χ1v) is 10.8. The number of nitrogens with one attached hydrogen (secondary N) is 1. The van der Waals surface area contributed by atoms with E-state index >= 15 is 0 Å². The number of carbonyl (C=O) groups is 2. The summed E-state index contributed by atoms with van der Waals surface area (Å²) in [6, 6.07) is 7.45. The summed E-state index contributed by atoms with van der Waals surface area (Å²) in [6.45, 7) is 6.44. The maximum absolute atomic E-state index is 13.4. The Morgan fingerprint density at radius 1 is 1.04 bits per heavy atom. The highest BCUT2D eigenvalue weighted by Gasteiger charge is 2.54. The monoisotopic (exact) mass is 382 g/mol. The van der Waals surface area contributed by atoms with Gasteiger partial charge in [0.05, 0.1) is 6.04 Å². The summed E-state index contributed by atoms with van der Waals surface area (Å²) in [5, 5.41) is 14.5. The molecule has 0 saturated heterocycles. The minimum absolute atomic E-state index is 0.0326. The largest absolute Gasteiger partial charge is 0.550 e. The van der Waals surface area contributed by atoms with Crippen molar-refractivity contribution in [3.05, 3.63) is 35.4 Å². The minimum Gasteiger partial charge on any atom is -0.550 e. The molecule has 0 heterocycles. The van der Waals surface area contributed by atoms with Crippen LogP contribution in [0.2, 0.25) is 0 Å². The van der Waals surface area contributed by atoms with Gasteiger partial charge in [-0.3, -0.25) is 4.79 Å². The molecule has 152 valence electrons. The van der Waals surface area contributed by atoms with E-state index in [0.717, 1.165) is 24.8 Å². The van der Waals surface area contributed by atoms with Gasteiger partial charge < -0.3 is 15.2 Å². The Hall–Kier alpha value is -1.84. The van der Waals surface area contributed by atoms with Crippen molar-refractivity contribution in [2.45, 2.75) is 77.2 Å². The van der Waals surface area contributed by atoms with Gasteiger partial charge in [-0.1, -0.05) is 45.0 Å². The summed E-state index contributed by atoms with van der Waals surface area (Å²) >= 11 is 0. The van der Waals surface area contributed by atoms with Crippen LogP contribution in [0, 0.1) is 23.2 Å². The lowest BCUT2D eigenvalue weighted by Crippen LogP contribution is -2.54. The molecule has 4 fully saturated rings. The first-order chi connectivity index (χ1) is 13.1. The second kappa shape index (κ2) is 6.89. The van der Waals surface area contributed by atoms with E-state index in [2.05, 4.69) is 26.1 Å². The third-order valence-electron chi connectivity index (χ3n) is 7.38. The van der Waals surface area contributed by atoms with Crippen LogP contribution in [0.25, 0.3) is 0 Å². The molecule has 0 aromatic heterocycles. The maximum atomic E-state index is 13.4. The van der Waals surface area contributed by atoms with Gasteiger partial charge in [0.15, 0.2) is 0 Å². The number of aliphatic carboxylic acids is 1. The molecule has 4 nitrogen and oxygen atoms in total. The third-order valence-corrected chi connectivity index (χ3v) is 7.38. The number of carboxylic acids is 1. The highest BCUT2D eigenvalue weighted by molar-refractivity contribution is 5.84. The van der Waals surface area contributed by atoms with Crippen molar-refractivity contribution < 1.29 is 14.7 Å². The van der Waals surface area contributed by atoms with Gasteiger partial charge in [-0.2, -0.15) is 0 Å². The summed E-state index contributed by atoms with van der Waals surface area (Å²) < 4.78 is 0. The lowest BCUT2D eigenvalue weighted by molar-refractivity contribution is -0.306. The van der Waals surface area contributed by atoms with E-state index in [4.69, 9.17) is 0 Å². The Morgan fingerprint density at radius 3 is 1.96 bits per heavy atom. The predicted molar refractivity (Wildman–Crippen MR) is 106 cm³/mol. The summed E-state index contributed by atoms with van der Waals surface area (Å²) in [5.41, 5.74) is 1.79. The number of amides is 1. The van der Waals surface area contributed by atoms with Gasteiger partial charge in [0.2, 0.25) is 5.91 Å². The first kappa shape index (κ1) is 19.5. The van der Waals surface area contributed by atoms with E-state index in [1.165, 1.54) is 24.8 Å². The zero-order valence-corrected chi connectivity index (χ0v) is 17.3. The highest BCUT2D eigenvalue weighted by atomic mass is 16.4. The molecule has 4 heteroatoms. The van der Waals surface area contributed by atoms with Crippen molar-refractivity contribution in [2.24, 2.45) is 23.2 Å². The normalized spacial score (nSPS) is 32.2. The van der Waals surface area contributed by atoms with Crippen molar-refractivity contribution in [2.75, 3.05) is 0 Å². The van der Waals surface area contributed by atoms with Gasteiger partial charge in [-0.05, 0) is 72.8 Å². The molecule has 1 aromatic carbocycles. The average Bonchev–Trinajstić information content (AvgIpc) is 2.59. The van der Waals surface area contributed by atoms with Crippen LogP contribution >= 0.6 is 0 Å². The quantitative estimate of drug-likeness (QED) is 0.847. The maximum Gasteiger partial charge on any atom is 0.226 e. The van der Waals surface area contributed by atoms with Gasteiger partial charge in [0, 0.05) is 17.8 Å². The number of rotatable bonds is 5. The minimum atomic E-state index is -1.13. The van der Waals surface area contributed by atoms with Crippen LogP contribution in [0.15, 0.2) is 24.3 Å². The fourth-order valence-corrected chi connectivity index (χ4v) is 6.33. The summed E-state index contributed by atoms with van der Waals surface area (Å²) in [4.78, 5) is 24.7. The zero-order valence-electron chi connectivity index (χ0n) is 17.3. The Labute approximate surface area is 168 Å². The van der Waals surface area contributed by atoms with Gasteiger partial charge in [-0.25, -0.2) is 0 Å². The summed E-state index contributed by atoms with van der Waals surface area (Å²) in [7, 11) is 0. The molecule has 4 aliphatic rings. The molecule has 0 spiro atoms. The van der Waals surface area contributed by atoms with Gasteiger partial charge >= 0.3 is 0 Å². The standard InChI is InChI=1S/C24H33NO3/c1-23(2,3)19-6-4-18(5-7-19)20(11-21(26)27)25-22(28)24-12-15-8-16(13-24)10-17(9-15)14-24/h4-7,15-17,20H,8-14H2,1-3H3,(H,25,28)(H,26,27)/p-1/t15?,16?,17?,20-,24?/m1/s1. The van der Waals surface area contributed by atoms with Crippen LogP contribution in [0.4, 0.5) is 0 Å². The second-order valence-corrected chi connectivity index (χ2v) is 10.7. The zero-order chi connectivity index (χ0) is 20.1. The van der Waals surface area contributed by atoms with E-state index in [1.807, 2.05) is 24.3 Å². The van der Waals surface area contributed by atoms with Crippen molar-refractivity contribution in [1.29, 1.82) is 0 Å². The number of carbonyl (C=O) groups excluding carboxylic acids is 2. The average molecular weight is 383 g/mol. The Bertz CT molecular complexity index is 724. The molecule has 4 saturated carbocycles. The van der Waals surface area contributed by atoms with E-state index in [-0.39, 0.29) is 23.2 Å². The number of benzene rings is 1. The molecular weight excluding hydrogens is 350 g/mol. The fourth-order valence-electron chi connectivity index (χ4n) is 6.33. The van der Waals surface area contributed by atoms with Crippen molar-refractivity contribution in [3.63, 3.8) is 0 Å². The molecule has 0 aliphatic heterocycles. The van der Waals surface area contributed by atoms with E-state index in [1.54, 1.807) is 0 Å². The molecule has 1 atom stereocenters. The predicted octanol–water partition coefficient (Wildman–Crippen LogP) is 3.50. The molecule has 4 aliphatic carbocycles. The molecule has 0 unspecified atom stereocenters. The van der Waals surface area contributed by atoms with Crippen molar-refractivity contribution >= 4 is 11.9 Å². The van der Waals surface area contributed by atoms with E-state index < -0.39 is 12.0 Å². The lowest BCUT2D eigenvalue weighted by Gasteiger charge is -2.55. The van der Waals surface area contributed by atoms with Crippen LogP contribution in [0.1, 0.15) is 82.9 Å². The van der Waals surface area contributed by atoms with Gasteiger partial charge in [0.25, 0.3) is 0 Å². The van der Waals surface area contributed by atoms with Crippen LogP contribution in [-0.4, -0.2) is 11.9 Å². The van der Waals surface area contributed by atoms with Crippen LogP contribution in [-0.2, 0) is 15.0 Å². The van der Waals surface area contributed by atoms with Crippen LogP contribution in [0.5, 0.6) is 0 Å². The van der Waals surface area contributed by atoms with E-state index in [0.29, 0.717) is 17.8 Å². The smallest absolute Gasteiger partial charge is 0.226 e. The second-order valence-electron chi connectivity index (χ2n) is 10.7. The first-order valence-electron chi connectivity index (χ1n) is 10.8. The van der Waals surface area contributed by atoms with Gasteiger partial charge in [0.1, 0.15) is 0 Å². The Morgan fingerprint density at radius 2 is 1.54 bits per heavy atom. The summed E-state index contributed by atoms with van der Waals surface area (Å²) in [6.07, 6.45) is 6.59. The fraction of sp³-hybridized carbons (Fsp3) is 0.667. The van der Waals surface area contributed by atoms with Crippen molar-refractivity contribution in [3.8, 4) is 0 Å². The topological polar surface area (TPSA) is 69.2 Å².